The highest BCUT2D eigenvalue weighted by Crippen LogP contribution is 2.37. The minimum atomic E-state index is 0.248. The summed E-state index contributed by atoms with van der Waals surface area (Å²) in [4.78, 5) is 2.56. The number of nitrogens with zero attached hydrogens (tertiary/aromatic N) is 1. The van der Waals surface area contributed by atoms with Crippen molar-refractivity contribution in [2.75, 3.05) is 32.8 Å². The number of rotatable bonds is 5. The van der Waals surface area contributed by atoms with E-state index in [2.05, 4.69) is 17.1 Å². The molecule has 2 N–H and O–H groups in total. The number of aliphatic hydroxyl groups is 1. The molecule has 3 nitrogen and oxygen atoms in total. The summed E-state index contributed by atoms with van der Waals surface area (Å²) in [6, 6.07) is 0. The van der Waals surface area contributed by atoms with E-state index in [9.17, 15) is 5.11 Å². The molecule has 2 heterocycles. The van der Waals surface area contributed by atoms with Gasteiger partial charge in [0.2, 0.25) is 0 Å². The Morgan fingerprint density at radius 2 is 2.33 bits per heavy atom. The molecule has 2 fully saturated rings. The van der Waals surface area contributed by atoms with Gasteiger partial charge in [0.25, 0.3) is 0 Å². The zero-order valence-electron chi connectivity index (χ0n) is 9.84. The Morgan fingerprint density at radius 3 is 3.07 bits per heavy atom. The van der Waals surface area contributed by atoms with Crippen molar-refractivity contribution in [3.05, 3.63) is 0 Å². The van der Waals surface area contributed by atoms with Gasteiger partial charge in [0.1, 0.15) is 0 Å². The highest BCUT2D eigenvalue weighted by Gasteiger charge is 2.44. The van der Waals surface area contributed by atoms with Crippen molar-refractivity contribution in [1.29, 1.82) is 0 Å². The lowest BCUT2D eigenvalue weighted by Crippen LogP contribution is -2.56. The van der Waals surface area contributed by atoms with Crippen molar-refractivity contribution in [1.82, 2.24) is 10.2 Å². The minimum Gasteiger partial charge on any atom is -0.396 e. The lowest BCUT2D eigenvalue weighted by Gasteiger charge is -2.44. The first kappa shape index (κ1) is 11.4. The third-order valence-corrected chi connectivity index (χ3v) is 4.21. The smallest absolute Gasteiger partial charge is 0.0448 e. The molecule has 0 amide bonds. The molecule has 2 aliphatic heterocycles. The van der Waals surface area contributed by atoms with Crippen LogP contribution in [0.5, 0.6) is 0 Å². The third kappa shape index (κ3) is 2.19. The second-order valence-corrected chi connectivity index (χ2v) is 5.09. The van der Waals surface area contributed by atoms with Gasteiger partial charge >= 0.3 is 0 Å². The van der Waals surface area contributed by atoms with Crippen LogP contribution in [0.3, 0.4) is 0 Å². The Morgan fingerprint density at radius 1 is 1.47 bits per heavy atom. The van der Waals surface area contributed by atoms with Crippen LogP contribution in [0.2, 0.25) is 0 Å². The summed E-state index contributed by atoms with van der Waals surface area (Å²) < 4.78 is 0. The van der Waals surface area contributed by atoms with Crippen LogP contribution >= 0.6 is 0 Å². The van der Waals surface area contributed by atoms with Gasteiger partial charge in [-0.25, -0.2) is 0 Å². The van der Waals surface area contributed by atoms with Gasteiger partial charge in [0.05, 0.1) is 0 Å². The van der Waals surface area contributed by atoms with Gasteiger partial charge in [-0.3, -0.25) is 0 Å². The molecule has 3 atom stereocenters. The number of fused-ring (bicyclic) bond motifs is 2. The molecular formula is C12H24N2O. The first-order valence-electron chi connectivity index (χ1n) is 6.39. The molecule has 0 saturated carbocycles. The molecule has 3 heteroatoms. The van der Waals surface area contributed by atoms with E-state index in [4.69, 9.17) is 0 Å². The van der Waals surface area contributed by atoms with Crippen LogP contribution in [0.4, 0.5) is 0 Å². The number of hydrogen-bond donors (Lipinski definition) is 2. The first-order chi connectivity index (χ1) is 7.30. The van der Waals surface area contributed by atoms with Crippen LogP contribution in [-0.4, -0.2) is 48.3 Å². The van der Waals surface area contributed by atoms with Gasteiger partial charge in [0.15, 0.2) is 0 Å². The highest BCUT2D eigenvalue weighted by atomic mass is 16.3. The number of aliphatic hydroxyl groups excluding tert-OH is 1. The van der Waals surface area contributed by atoms with E-state index in [1.165, 1.54) is 38.9 Å². The van der Waals surface area contributed by atoms with E-state index < -0.39 is 0 Å². The second kappa shape index (κ2) is 4.81. The zero-order valence-corrected chi connectivity index (χ0v) is 9.84. The molecule has 2 bridgehead atoms. The topological polar surface area (TPSA) is 35.5 Å². The van der Waals surface area contributed by atoms with E-state index in [0.717, 1.165) is 18.9 Å². The number of hydrogen-bond acceptors (Lipinski definition) is 3. The average Bonchev–Trinajstić information content (AvgIpc) is 2.66. The molecule has 0 aromatic rings. The normalized spacial score (nSPS) is 39.6. The molecule has 2 rings (SSSR count). The summed E-state index contributed by atoms with van der Waals surface area (Å²) in [5.74, 6) is 0.768. The summed E-state index contributed by atoms with van der Waals surface area (Å²) in [6.07, 6.45) is 4.66. The van der Waals surface area contributed by atoms with E-state index in [0.29, 0.717) is 6.61 Å². The molecule has 0 aromatic heterocycles. The fourth-order valence-electron chi connectivity index (χ4n) is 3.27. The zero-order chi connectivity index (χ0) is 10.7. The van der Waals surface area contributed by atoms with Crippen LogP contribution in [0, 0.1) is 5.92 Å². The molecule has 0 radical (unpaired) electrons. The largest absolute Gasteiger partial charge is 0.396 e. The van der Waals surface area contributed by atoms with Gasteiger partial charge < -0.3 is 15.3 Å². The SMILES string of the molecule is CCCNC1(CCO)CCN2CCC1C2. The summed E-state index contributed by atoms with van der Waals surface area (Å²) in [5.41, 5.74) is 0.248. The van der Waals surface area contributed by atoms with E-state index >= 15 is 0 Å². The van der Waals surface area contributed by atoms with Crippen molar-refractivity contribution in [2.45, 2.75) is 38.1 Å². The summed E-state index contributed by atoms with van der Waals surface area (Å²) in [7, 11) is 0. The van der Waals surface area contributed by atoms with Crippen LogP contribution in [0.1, 0.15) is 32.6 Å². The van der Waals surface area contributed by atoms with Crippen molar-refractivity contribution in [2.24, 2.45) is 5.92 Å². The van der Waals surface area contributed by atoms with Gasteiger partial charge in [-0.15, -0.1) is 0 Å². The molecule has 0 aliphatic carbocycles. The summed E-state index contributed by atoms with van der Waals surface area (Å²) in [5, 5.41) is 13.0. The Hall–Kier alpha value is -0.120. The van der Waals surface area contributed by atoms with Crippen LogP contribution < -0.4 is 5.32 Å². The Labute approximate surface area is 92.8 Å². The monoisotopic (exact) mass is 212 g/mol. The number of piperidine rings is 1. The summed E-state index contributed by atoms with van der Waals surface area (Å²) in [6.45, 7) is 7.36. The fourth-order valence-corrected chi connectivity index (χ4v) is 3.27. The van der Waals surface area contributed by atoms with Crippen molar-refractivity contribution in [3.63, 3.8) is 0 Å². The molecule has 2 saturated heterocycles. The molecule has 2 aliphatic rings. The highest BCUT2D eigenvalue weighted by molar-refractivity contribution is 5.02. The lowest BCUT2D eigenvalue weighted by molar-refractivity contribution is 0.0986. The van der Waals surface area contributed by atoms with Gasteiger partial charge in [-0.05, 0) is 51.2 Å². The van der Waals surface area contributed by atoms with Gasteiger partial charge in [-0.1, -0.05) is 6.92 Å². The first-order valence-corrected chi connectivity index (χ1v) is 6.39. The van der Waals surface area contributed by atoms with E-state index in [1.807, 2.05) is 0 Å². The quantitative estimate of drug-likeness (QED) is 0.708. The van der Waals surface area contributed by atoms with Crippen molar-refractivity contribution in [3.8, 4) is 0 Å². The second-order valence-electron chi connectivity index (χ2n) is 5.09. The van der Waals surface area contributed by atoms with E-state index in [-0.39, 0.29) is 5.54 Å². The molecule has 3 unspecified atom stereocenters. The predicted molar refractivity (Wildman–Crippen MR) is 61.9 cm³/mol. The van der Waals surface area contributed by atoms with Gasteiger partial charge in [-0.2, -0.15) is 0 Å². The maximum absolute atomic E-state index is 9.26. The van der Waals surface area contributed by atoms with Crippen LogP contribution in [0.15, 0.2) is 0 Å². The fraction of sp³-hybridized carbons (Fsp3) is 1.00. The lowest BCUT2D eigenvalue weighted by atomic mass is 9.76. The molecular weight excluding hydrogens is 188 g/mol. The average molecular weight is 212 g/mol. The number of nitrogens with one attached hydrogen (secondary N) is 1. The third-order valence-electron chi connectivity index (χ3n) is 4.21. The van der Waals surface area contributed by atoms with Crippen molar-refractivity contribution < 1.29 is 5.11 Å². The standard InChI is InChI=1S/C12H24N2O/c1-2-6-13-12(5-9-15)4-8-14-7-3-11(12)10-14/h11,13,15H,2-10H2,1H3. The van der Waals surface area contributed by atoms with Crippen molar-refractivity contribution >= 4 is 0 Å². The Kier molecular flexibility index (Phi) is 3.65. The molecule has 88 valence electrons. The minimum absolute atomic E-state index is 0.248. The van der Waals surface area contributed by atoms with Gasteiger partial charge in [0, 0.05) is 18.7 Å². The summed E-state index contributed by atoms with van der Waals surface area (Å²) >= 11 is 0. The predicted octanol–water partition coefficient (Wildman–Crippen LogP) is 0.833. The Balaban J connectivity index is 2.03. The van der Waals surface area contributed by atoms with Crippen LogP contribution in [0.25, 0.3) is 0 Å². The maximum Gasteiger partial charge on any atom is 0.0448 e. The molecule has 15 heavy (non-hydrogen) atoms. The van der Waals surface area contributed by atoms with Crippen LogP contribution in [-0.2, 0) is 0 Å². The molecule has 0 spiro atoms. The molecule has 0 aromatic carbocycles. The maximum atomic E-state index is 9.26. The Bertz CT molecular complexity index is 210. The van der Waals surface area contributed by atoms with E-state index in [1.54, 1.807) is 0 Å².